The van der Waals surface area contributed by atoms with E-state index >= 15 is 0 Å². The molecule has 1 N–H and O–H groups in total. The van der Waals surface area contributed by atoms with Crippen LogP contribution in [-0.4, -0.2) is 11.4 Å². The zero-order valence-electron chi connectivity index (χ0n) is 10.5. The number of rotatable bonds is 2. The monoisotopic (exact) mass is 242 g/mol. The molecule has 1 aromatic carbocycles. The zero-order chi connectivity index (χ0) is 12.8. The number of nitrogens with zero attached hydrogens (tertiary/aromatic N) is 1. The molecule has 0 unspecified atom stereocenters. The van der Waals surface area contributed by atoms with Crippen LogP contribution in [0.1, 0.15) is 38.5 Å². The summed E-state index contributed by atoms with van der Waals surface area (Å²) in [5, 5.41) is 2.88. The third-order valence-electron chi connectivity index (χ3n) is 3.60. The second kappa shape index (κ2) is 5.68. The standard InChI is InChI=1S/C15H18N2O/c1-16-15(11-7-2-3-8-12-15)14(18)17-13-9-5-4-6-10-13/h4-6,9-10H,2-3,7-8,11-12H2,(H,17,18). The predicted octanol–water partition coefficient (Wildman–Crippen LogP) is 3.64. The van der Waals surface area contributed by atoms with Gasteiger partial charge in [-0.3, -0.25) is 9.64 Å². The van der Waals surface area contributed by atoms with Crippen molar-refractivity contribution in [1.29, 1.82) is 0 Å². The van der Waals surface area contributed by atoms with Gasteiger partial charge in [-0.25, -0.2) is 6.57 Å². The predicted molar refractivity (Wildman–Crippen MR) is 72.1 cm³/mol. The summed E-state index contributed by atoms with van der Waals surface area (Å²) in [6.07, 6.45) is 5.60. The molecule has 1 saturated carbocycles. The molecule has 0 saturated heterocycles. The first-order valence-electron chi connectivity index (χ1n) is 6.52. The van der Waals surface area contributed by atoms with E-state index in [-0.39, 0.29) is 5.91 Å². The molecule has 94 valence electrons. The molecule has 18 heavy (non-hydrogen) atoms. The van der Waals surface area contributed by atoms with Gasteiger partial charge in [-0.05, 0) is 25.0 Å². The van der Waals surface area contributed by atoms with Gasteiger partial charge < -0.3 is 5.32 Å². The van der Waals surface area contributed by atoms with E-state index in [0.29, 0.717) is 12.8 Å². The van der Waals surface area contributed by atoms with Gasteiger partial charge in [-0.2, -0.15) is 0 Å². The molecule has 2 rings (SSSR count). The number of hydrogen-bond acceptors (Lipinski definition) is 1. The van der Waals surface area contributed by atoms with Crippen molar-refractivity contribution < 1.29 is 4.79 Å². The van der Waals surface area contributed by atoms with Crippen LogP contribution in [0.25, 0.3) is 4.85 Å². The van der Waals surface area contributed by atoms with Crippen LogP contribution in [0.2, 0.25) is 0 Å². The Kier molecular flexibility index (Phi) is 3.99. The van der Waals surface area contributed by atoms with E-state index in [4.69, 9.17) is 6.57 Å². The van der Waals surface area contributed by atoms with Gasteiger partial charge in [0.15, 0.2) is 0 Å². The number of amides is 1. The quantitative estimate of drug-likeness (QED) is 0.623. The molecule has 1 aliphatic carbocycles. The minimum Gasteiger partial charge on any atom is -0.319 e. The van der Waals surface area contributed by atoms with Crippen LogP contribution in [-0.2, 0) is 4.79 Å². The van der Waals surface area contributed by atoms with E-state index in [1.807, 2.05) is 30.3 Å². The zero-order valence-corrected chi connectivity index (χ0v) is 10.5. The van der Waals surface area contributed by atoms with Gasteiger partial charge in [0.2, 0.25) is 0 Å². The lowest BCUT2D eigenvalue weighted by atomic mass is 9.90. The van der Waals surface area contributed by atoms with Crippen molar-refractivity contribution in [3.8, 4) is 0 Å². The maximum atomic E-state index is 12.3. The Morgan fingerprint density at radius 1 is 1.11 bits per heavy atom. The number of benzene rings is 1. The van der Waals surface area contributed by atoms with Crippen LogP contribution >= 0.6 is 0 Å². The highest BCUT2D eigenvalue weighted by molar-refractivity contribution is 5.99. The Bertz CT molecular complexity index is 439. The number of nitrogens with one attached hydrogen (secondary N) is 1. The van der Waals surface area contributed by atoms with Gasteiger partial charge in [0.1, 0.15) is 0 Å². The van der Waals surface area contributed by atoms with Gasteiger partial charge in [0, 0.05) is 18.5 Å². The summed E-state index contributed by atoms with van der Waals surface area (Å²) in [5.41, 5.74) is -0.0680. The molecule has 0 aromatic heterocycles. The molecule has 1 aromatic rings. The van der Waals surface area contributed by atoms with Crippen molar-refractivity contribution in [3.63, 3.8) is 0 Å². The summed E-state index contributed by atoms with van der Waals surface area (Å²) in [6, 6.07) is 9.38. The van der Waals surface area contributed by atoms with Gasteiger partial charge in [0.25, 0.3) is 0 Å². The van der Waals surface area contributed by atoms with Crippen molar-refractivity contribution in [2.45, 2.75) is 44.1 Å². The molecule has 1 aliphatic rings. The summed E-state index contributed by atoms with van der Waals surface area (Å²) >= 11 is 0. The number of para-hydroxylation sites is 1. The van der Waals surface area contributed by atoms with Crippen LogP contribution in [0.15, 0.2) is 30.3 Å². The second-order valence-electron chi connectivity index (χ2n) is 4.88. The smallest absolute Gasteiger partial charge is 0.310 e. The molecule has 0 radical (unpaired) electrons. The Morgan fingerprint density at radius 2 is 1.72 bits per heavy atom. The first-order valence-corrected chi connectivity index (χ1v) is 6.52. The van der Waals surface area contributed by atoms with Crippen LogP contribution < -0.4 is 5.32 Å². The fourth-order valence-electron chi connectivity index (χ4n) is 2.47. The molecule has 1 fully saturated rings. The Hall–Kier alpha value is -1.82. The van der Waals surface area contributed by atoms with E-state index in [0.717, 1.165) is 31.4 Å². The van der Waals surface area contributed by atoms with Crippen LogP contribution in [0, 0.1) is 6.57 Å². The number of carbonyl (C=O) groups excluding carboxylic acids is 1. The number of carbonyl (C=O) groups is 1. The lowest BCUT2D eigenvalue weighted by molar-refractivity contribution is -0.120. The van der Waals surface area contributed by atoms with E-state index in [9.17, 15) is 4.79 Å². The Labute approximate surface area is 108 Å². The normalized spacial score (nSPS) is 18.4. The van der Waals surface area contributed by atoms with Crippen LogP contribution in [0.5, 0.6) is 0 Å². The molecule has 0 aliphatic heterocycles. The fraction of sp³-hybridized carbons (Fsp3) is 0.467. The van der Waals surface area contributed by atoms with E-state index in [2.05, 4.69) is 10.2 Å². The minimum atomic E-state index is -0.841. The fourth-order valence-corrected chi connectivity index (χ4v) is 2.47. The van der Waals surface area contributed by atoms with Crippen LogP contribution in [0.4, 0.5) is 5.69 Å². The molecule has 0 atom stereocenters. The molecule has 0 spiro atoms. The highest BCUT2D eigenvalue weighted by Crippen LogP contribution is 2.31. The van der Waals surface area contributed by atoms with Crippen molar-refractivity contribution in [2.24, 2.45) is 0 Å². The third kappa shape index (κ3) is 2.70. The molecular formula is C15H18N2O. The number of anilines is 1. The lowest BCUT2D eigenvalue weighted by Gasteiger charge is -2.19. The van der Waals surface area contributed by atoms with Gasteiger partial charge in [-0.15, -0.1) is 0 Å². The molecule has 0 bridgehead atoms. The highest BCUT2D eigenvalue weighted by Gasteiger charge is 2.45. The molecule has 0 heterocycles. The maximum absolute atomic E-state index is 12.3. The highest BCUT2D eigenvalue weighted by atomic mass is 16.2. The topological polar surface area (TPSA) is 33.5 Å². The van der Waals surface area contributed by atoms with Crippen molar-refractivity contribution in [1.82, 2.24) is 0 Å². The molecular weight excluding hydrogens is 224 g/mol. The summed E-state index contributed by atoms with van der Waals surface area (Å²) < 4.78 is 0. The van der Waals surface area contributed by atoms with Crippen molar-refractivity contribution in [3.05, 3.63) is 41.7 Å². The Balaban J connectivity index is 2.12. The van der Waals surface area contributed by atoms with Gasteiger partial charge in [-0.1, -0.05) is 31.0 Å². The first kappa shape index (κ1) is 12.6. The maximum Gasteiger partial charge on any atom is 0.310 e. The van der Waals surface area contributed by atoms with E-state index in [1.54, 1.807) is 0 Å². The Morgan fingerprint density at radius 3 is 2.28 bits per heavy atom. The average Bonchev–Trinajstić information content (AvgIpc) is 2.66. The molecule has 1 amide bonds. The second-order valence-corrected chi connectivity index (χ2v) is 4.88. The van der Waals surface area contributed by atoms with Crippen LogP contribution in [0.3, 0.4) is 0 Å². The molecule has 3 nitrogen and oxygen atoms in total. The lowest BCUT2D eigenvalue weighted by Crippen LogP contribution is -2.39. The van der Waals surface area contributed by atoms with Crippen molar-refractivity contribution in [2.75, 3.05) is 5.32 Å². The molecule has 3 heteroatoms. The minimum absolute atomic E-state index is 0.134. The van der Waals surface area contributed by atoms with Crippen molar-refractivity contribution >= 4 is 11.6 Å². The summed E-state index contributed by atoms with van der Waals surface area (Å²) in [5.74, 6) is -0.134. The summed E-state index contributed by atoms with van der Waals surface area (Å²) in [4.78, 5) is 16.0. The first-order chi connectivity index (χ1) is 8.77. The number of hydrogen-bond donors (Lipinski definition) is 1. The van der Waals surface area contributed by atoms with E-state index in [1.165, 1.54) is 0 Å². The average molecular weight is 242 g/mol. The van der Waals surface area contributed by atoms with Gasteiger partial charge >= 0.3 is 11.4 Å². The third-order valence-corrected chi connectivity index (χ3v) is 3.60. The summed E-state index contributed by atoms with van der Waals surface area (Å²) in [7, 11) is 0. The van der Waals surface area contributed by atoms with E-state index < -0.39 is 5.54 Å². The van der Waals surface area contributed by atoms with Gasteiger partial charge in [0.05, 0.1) is 0 Å². The summed E-state index contributed by atoms with van der Waals surface area (Å²) in [6.45, 7) is 7.40. The largest absolute Gasteiger partial charge is 0.319 e. The SMILES string of the molecule is [C-]#[N+]C1(C(=O)Nc2ccccc2)CCCCCC1.